The molecule has 7 nitrogen and oxygen atoms in total. The number of rotatable bonds is 3. The van der Waals surface area contributed by atoms with E-state index in [0.717, 1.165) is 25.7 Å². The van der Waals surface area contributed by atoms with Gasteiger partial charge in [0.15, 0.2) is 0 Å². The lowest BCUT2D eigenvalue weighted by atomic mass is 9.98. The monoisotopic (exact) mass is 359 g/mol. The van der Waals surface area contributed by atoms with Gasteiger partial charge < -0.3 is 9.64 Å². The lowest BCUT2D eigenvalue weighted by Crippen LogP contribution is -2.53. The Morgan fingerprint density at radius 2 is 1.62 bits per heavy atom. The average Bonchev–Trinajstić information content (AvgIpc) is 2.62. The molecule has 0 radical (unpaired) electrons. The van der Waals surface area contributed by atoms with Crippen molar-refractivity contribution >= 4 is 16.1 Å². The van der Waals surface area contributed by atoms with E-state index in [4.69, 9.17) is 4.74 Å². The number of carbonyl (C=O) groups excluding carboxylic acids is 1. The van der Waals surface area contributed by atoms with Crippen molar-refractivity contribution in [3.63, 3.8) is 0 Å². The molecule has 3 aliphatic heterocycles. The maximum atomic E-state index is 12.9. The van der Waals surface area contributed by atoms with Gasteiger partial charge in [-0.15, -0.1) is 0 Å². The fourth-order valence-electron chi connectivity index (χ4n) is 3.77. The van der Waals surface area contributed by atoms with Gasteiger partial charge in [0.2, 0.25) is 5.91 Å². The van der Waals surface area contributed by atoms with Gasteiger partial charge in [0.1, 0.15) is 0 Å². The van der Waals surface area contributed by atoms with E-state index in [1.165, 1.54) is 4.31 Å². The Balaban J connectivity index is 1.63. The highest BCUT2D eigenvalue weighted by molar-refractivity contribution is 7.86. The minimum atomic E-state index is -3.43. The van der Waals surface area contributed by atoms with E-state index in [1.807, 2.05) is 4.90 Å². The van der Waals surface area contributed by atoms with Gasteiger partial charge in [-0.1, -0.05) is 6.92 Å². The maximum absolute atomic E-state index is 12.9. The lowest BCUT2D eigenvalue weighted by molar-refractivity contribution is -0.140. The summed E-state index contributed by atoms with van der Waals surface area (Å²) in [5.74, 6) is 0.467. The second-order valence-corrected chi connectivity index (χ2v) is 9.15. The number of ether oxygens (including phenoxy) is 1. The molecule has 0 N–H and O–H groups in total. The Kier molecular flexibility index (Phi) is 5.79. The van der Waals surface area contributed by atoms with Crippen LogP contribution in [0.4, 0.5) is 0 Å². The number of hydrogen-bond donors (Lipinski definition) is 0. The molecule has 0 aromatic rings. The zero-order valence-corrected chi connectivity index (χ0v) is 15.3. The van der Waals surface area contributed by atoms with E-state index < -0.39 is 10.2 Å². The van der Waals surface area contributed by atoms with Crippen LogP contribution in [0.25, 0.3) is 0 Å². The Morgan fingerprint density at radius 3 is 2.29 bits per heavy atom. The smallest absolute Gasteiger partial charge is 0.281 e. The fourth-order valence-corrected chi connectivity index (χ4v) is 5.50. The molecule has 0 unspecified atom stereocenters. The molecule has 3 fully saturated rings. The molecule has 0 saturated carbocycles. The molecule has 3 rings (SSSR count). The first kappa shape index (κ1) is 18.1. The normalized spacial score (nSPS) is 28.9. The van der Waals surface area contributed by atoms with Crippen LogP contribution in [0.2, 0.25) is 0 Å². The van der Waals surface area contributed by atoms with Crippen molar-refractivity contribution in [2.24, 2.45) is 11.8 Å². The first-order valence-corrected chi connectivity index (χ1v) is 10.5. The van der Waals surface area contributed by atoms with Crippen molar-refractivity contribution in [2.45, 2.75) is 32.6 Å². The summed E-state index contributed by atoms with van der Waals surface area (Å²) in [5.41, 5.74) is 0. The molecular formula is C16H29N3O4S. The first-order valence-electron chi connectivity index (χ1n) is 9.10. The molecule has 3 saturated heterocycles. The predicted octanol–water partition coefficient (Wildman–Crippen LogP) is 0.534. The van der Waals surface area contributed by atoms with Crippen molar-refractivity contribution in [3.8, 4) is 0 Å². The number of morpholine rings is 1. The predicted molar refractivity (Wildman–Crippen MR) is 90.6 cm³/mol. The molecule has 0 bridgehead atoms. The number of piperidine rings is 2. The van der Waals surface area contributed by atoms with Gasteiger partial charge in [0, 0.05) is 39.3 Å². The molecule has 8 heteroatoms. The summed E-state index contributed by atoms with van der Waals surface area (Å²) in [5, 5.41) is 0. The summed E-state index contributed by atoms with van der Waals surface area (Å²) in [6, 6.07) is 0. The molecule has 138 valence electrons. The van der Waals surface area contributed by atoms with Crippen LogP contribution in [0.1, 0.15) is 32.6 Å². The van der Waals surface area contributed by atoms with Crippen LogP contribution in [-0.2, 0) is 19.7 Å². The Bertz CT molecular complexity index is 540. The van der Waals surface area contributed by atoms with Gasteiger partial charge in [-0.3, -0.25) is 4.79 Å². The highest BCUT2D eigenvalue weighted by Crippen LogP contribution is 2.26. The largest absolute Gasteiger partial charge is 0.378 e. The third kappa shape index (κ3) is 3.92. The molecular weight excluding hydrogens is 330 g/mol. The zero-order valence-electron chi connectivity index (χ0n) is 14.5. The van der Waals surface area contributed by atoms with Crippen LogP contribution in [0.5, 0.6) is 0 Å². The Morgan fingerprint density at radius 1 is 0.958 bits per heavy atom. The van der Waals surface area contributed by atoms with Gasteiger partial charge in [-0.2, -0.15) is 17.0 Å². The van der Waals surface area contributed by atoms with E-state index in [1.54, 1.807) is 4.31 Å². The minimum Gasteiger partial charge on any atom is -0.378 e. The molecule has 0 aliphatic carbocycles. The molecule has 1 amide bonds. The van der Waals surface area contributed by atoms with Gasteiger partial charge in [-0.05, 0) is 31.6 Å². The zero-order chi connectivity index (χ0) is 17.2. The quantitative estimate of drug-likeness (QED) is 0.737. The van der Waals surface area contributed by atoms with Crippen molar-refractivity contribution in [3.05, 3.63) is 0 Å². The molecule has 24 heavy (non-hydrogen) atoms. The highest BCUT2D eigenvalue weighted by atomic mass is 32.2. The van der Waals surface area contributed by atoms with Crippen molar-refractivity contribution in [2.75, 3.05) is 52.5 Å². The average molecular weight is 359 g/mol. The lowest BCUT2D eigenvalue weighted by Gasteiger charge is -2.39. The molecule has 0 aromatic carbocycles. The number of carbonyl (C=O) groups is 1. The van der Waals surface area contributed by atoms with Gasteiger partial charge in [-0.25, -0.2) is 0 Å². The molecule has 0 aromatic heterocycles. The second kappa shape index (κ2) is 7.68. The topological polar surface area (TPSA) is 70.2 Å². The van der Waals surface area contributed by atoms with Crippen LogP contribution in [0.15, 0.2) is 0 Å². The van der Waals surface area contributed by atoms with Crippen molar-refractivity contribution in [1.82, 2.24) is 13.5 Å². The van der Waals surface area contributed by atoms with Gasteiger partial charge >= 0.3 is 0 Å². The highest BCUT2D eigenvalue weighted by Gasteiger charge is 2.38. The standard InChI is InChI=1S/C16H29N3O4S/c1-14-4-7-18(8-5-14)24(21,22)19-6-2-3-15(13-19)16(20)17-9-11-23-12-10-17/h14-15H,2-13H2,1H3/t15-/m1/s1. The first-order chi connectivity index (χ1) is 11.5. The van der Waals surface area contributed by atoms with E-state index in [9.17, 15) is 13.2 Å². The minimum absolute atomic E-state index is 0.0884. The van der Waals surface area contributed by atoms with Crippen molar-refractivity contribution < 1.29 is 17.9 Å². The summed E-state index contributed by atoms with van der Waals surface area (Å²) < 4.78 is 34.2. The van der Waals surface area contributed by atoms with Crippen LogP contribution < -0.4 is 0 Å². The summed E-state index contributed by atoms with van der Waals surface area (Å²) in [7, 11) is -3.43. The molecule has 3 heterocycles. The summed E-state index contributed by atoms with van der Waals surface area (Å²) in [4.78, 5) is 14.5. The maximum Gasteiger partial charge on any atom is 0.281 e. The number of nitrogens with zero attached hydrogens (tertiary/aromatic N) is 3. The van der Waals surface area contributed by atoms with E-state index in [0.29, 0.717) is 58.4 Å². The van der Waals surface area contributed by atoms with E-state index in [2.05, 4.69) is 6.92 Å². The Hall–Kier alpha value is -0.700. The van der Waals surface area contributed by atoms with E-state index in [-0.39, 0.29) is 11.8 Å². The fraction of sp³-hybridized carbons (Fsp3) is 0.938. The van der Waals surface area contributed by atoms with Crippen molar-refractivity contribution in [1.29, 1.82) is 0 Å². The number of amides is 1. The van der Waals surface area contributed by atoms with Crippen LogP contribution in [-0.4, -0.2) is 80.3 Å². The Labute approximate surface area is 145 Å². The van der Waals surface area contributed by atoms with E-state index >= 15 is 0 Å². The van der Waals surface area contributed by atoms with Crippen LogP contribution >= 0.6 is 0 Å². The summed E-state index contributed by atoms with van der Waals surface area (Å²) in [6.07, 6.45) is 3.37. The number of hydrogen-bond acceptors (Lipinski definition) is 4. The second-order valence-electron chi connectivity index (χ2n) is 7.22. The molecule has 0 spiro atoms. The van der Waals surface area contributed by atoms with Crippen LogP contribution in [0, 0.1) is 11.8 Å². The third-order valence-corrected chi connectivity index (χ3v) is 7.45. The third-order valence-electron chi connectivity index (χ3n) is 5.45. The van der Waals surface area contributed by atoms with Gasteiger partial charge in [0.25, 0.3) is 10.2 Å². The summed E-state index contributed by atoms with van der Waals surface area (Å²) >= 11 is 0. The van der Waals surface area contributed by atoms with Gasteiger partial charge in [0.05, 0.1) is 19.1 Å². The molecule has 3 aliphatic rings. The molecule has 1 atom stereocenters. The summed E-state index contributed by atoms with van der Waals surface area (Å²) in [6.45, 7) is 6.61. The SMILES string of the molecule is CC1CCN(S(=O)(=O)N2CCC[C@@H](C(=O)N3CCOCC3)C2)CC1. The van der Waals surface area contributed by atoms with Crippen LogP contribution in [0.3, 0.4) is 0 Å².